The molecule has 0 radical (unpaired) electrons. The van der Waals surface area contributed by atoms with Crippen LogP contribution in [0.1, 0.15) is 26.7 Å². The summed E-state index contributed by atoms with van der Waals surface area (Å²) in [7, 11) is 0. The molecule has 2 N–H and O–H groups in total. The minimum atomic E-state index is -0.0458. The van der Waals surface area contributed by atoms with Gasteiger partial charge in [0.2, 0.25) is 0 Å². The lowest BCUT2D eigenvalue weighted by Gasteiger charge is -2.28. The highest BCUT2D eigenvalue weighted by Crippen LogP contribution is 2.08. The molecule has 0 aromatic rings. The number of hydrogen-bond donors (Lipinski definition) is 1. The monoisotopic (exact) mass is 278 g/mol. The first kappa shape index (κ1) is 16.7. The molecule has 0 aromatic carbocycles. The minimum Gasteiger partial charge on any atom is -0.492 e. The quantitative estimate of drug-likeness (QED) is 0.572. The van der Waals surface area contributed by atoms with Crippen molar-refractivity contribution in [3.63, 3.8) is 0 Å². The summed E-state index contributed by atoms with van der Waals surface area (Å²) < 4.78 is 5.71. The second-order valence-electron chi connectivity index (χ2n) is 5.19. The Morgan fingerprint density at radius 3 is 2.70 bits per heavy atom. The van der Waals surface area contributed by atoms with Gasteiger partial charge in [-0.2, -0.15) is 0 Å². The second-order valence-corrected chi connectivity index (χ2v) is 5.19. The fourth-order valence-corrected chi connectivity index (χ4v) is 2.06. The molecule has 0 bridgehead atoms. The lowest BCUT2D eigenvalue weighted by Crippen LogP contribution is -2.44. The molecule has 4 heteroatoms. The summed E-state index contributed by atoms with van der Waals surface area (Å²) in [5.74, 6) is 1.17. The van der Waals surface area contributed by atoms with E-state index in [9.17, 15) is 4.79 Å². The van der Waals surface area contributed by atoms with E-state index in [4.69, 9.17) is 10.5 Å². The molecule has 0 amide bonds. The van der Waals surface area contributed by atoms with Crippen LogP contribution >= 0.6 is 0 Å². The van der Waals surface area contributed by atoms with Gasteiger partial charge in [-0.25, -0.2) is 0 Å². The van der Waals surface area contributed by atoms with Crippen LogP contribution in [0.3, 0.4) is 0 Å². The van der Waals surface area contributed by atoms with E-state index >= 15 is 0 Å². The van der Waals surface area contributed by atoms with Crippen LogP contribution in [0.5, 0.6) is 0 Å². The van der Waals surface area contributed by atoms with Crippen molar-refractivity contribution in [3.8, 4) is 0 Å². The molecule has 0 spiro atoms. The maximum atomic E-state index is 11.2. The number of likely N-dealkylation sites (tertiary alicyclic amines) is 1. The molecule has 1 aliphatic rings. The van der Waals surface area contributed by atoms with Gasteiger partial charge >= 0.3 is 0 Å². The van der Waals surface area contributed by atoms with Crippen LogP contribution in [0.2, 0.25) is 0 Å². The third-order valence-electron chi connectivity index (χ3n) is 3.35. The lowest BCUT2D eigenvalue weighted by atomic mass is 10.1. The summed E-state index contributed by atoms with van der Waals surface area (Å²) in [5.41, 5.74) is 7.14. The Morgan fingerprint density at radius 1 is 1.50 bits per heavy atom. The molecule has 1 unspecified atom stereocenters. The van der Waals surface area contributed by atoms with Crippen molar-refractivity contribution in [1.29, 1.82) is 0 Å². The van der Waals surface area contributed by atoms with E-state index < -0.39 is 0 Å². The average molecular weight is 278 g/mol. The van der Waals surface area contributed by atoms with Crippen LogP contribution in [0.25, 0.3) is 0 Å². The summed E-state index contributed by atoms with van der Waals surface area (Å²) in [4.78, 5) is 13.4. The summed E-state index contributed by atoms with van der Waals surface area (Å²) in [5, 5.41) is 0. The molecule has 112 valence electrons. The van der Waals surface area contributed by atoms with E-state index in [1.807, 2.05) is 26.0 Å². The van der Waals surface area contributed by atoms with Gasteiger partial charge in [0.1, 0.15) is 18.1 Å². The molecule has 20 heavy (non-hydrogen) atoms. The van der Waals surface area contributed by atoms with E-state index in [1.54, 1.807) is 6.08 Å². The first-order chi connectivity index (χ1) is 9.55. The molecule has 0 aromatic heterocycles. The number of Topliss-reactive ketones (excluding diaryl/α,β-unsaturated/α-hetero) is 1. The van der Waals surface area contributed by atoms with Crippen LogP contribution in [0, 0.1) is 0 Å². The summed E-state index contributed by atoms with van der Waals surface area (Å²) in [6.45, 7) is 10.5. The Balaban J connectivity index is 2.33. The second kappa shape index (κ2) is 8.72. The molecule has 1 rings (SSSR count). The number of ketones is 1. The van der Waals surface area contributed by atoms with Crippen LogP contribution in [0.15, 0.2) is 36.1 Å². The third kappa shape index (κ3) is 6.17. The Bertz CT molecular complexity index is 389. The fraction of sp³-hybridized carbons (Fsp3) is 0.562. The van der Waals surface area contributed by atoms with Crippen molar-refractivity contribution in [2.45, 2.75) is 32.7 Å². The van der Waals surface area contributed by atoms with E-state index in [2.05, 4.69) is 11.5 Å². The van der Waals surface area contributed by atoms with Gasteiger partial charge in [0, 0.05) is 32.5 Å². The molecular formula is C16H26N2O2. The zero-order valence-corrected chi connectivity index (χ0v) is 12.6. The van der Waals surface area contributed by atoms with E-state index in [0.29, 0.717) is 25.2 Å². The zero-order valence-electron chi connectivity index (χ0n) is 12.6. The summed E-state index contributed by atoms with van der Waals surface area (Å²) >= 11 is 0. The van der Waals surface area contributed by atoms with Crippen molar-refractivity contribution in [1.82, 2.24) is 4.90 Å². The number of piperidine rings is 1. The maximum Gasteiger partial charge on any atom is 0.135 e. The number of carbonyl (C=O) groups is 1. The van der Waals surface area contributed by atoms with Gasteiger partial charge < -0.3 is 15.4 Å². The van der Waals surface area contributed by atoms with Gasteiger partial charge in [0.05, 0.1) is 6.04 Å². The predicted molar refractivity (Wildman–Crippen MR) is 82.3 cm³/mol. The van der Waals surface area contributed by atoms with Crippen molar-refractivity contribution >= 4 is 5.78 Å². The number of ether oxygens (including phenoxy) is 1. The lowest BCUT2D eigenvalue weighted by molar-refractivity contribution is -0.121. The largest absolute Gasteiger partial charge is 0.492 e. The SMILES string of the molecule is C=C/C(C)=C\C(=C/C)OCC(N)CN1CCC(=O)CC1. The van der Waals surface area contributed by atoms with Crippen LogP contribution < -0.4 is 5.73 Å². The van der Waals surface area contributed by atoms with Crippen LogP contribution in [-0.4, -0.2) is 43.0 Å². The number of allylic oxidation sites excluding steroid dienone is 4. The minimum absolute atomic E-state index is 0.0458. The summed E-state index contributed by atoms with van der Waals surface area (Å²) in [6.07, 6.45) is 6.94. The highest BCUT2D eigenvalue weighted by molar-refractivity contribution is 5.79. The van der Waals surface area contributed by atoms with Crippen molar-refractivity contribution < 1.29 is 9.53 Å². The predicted octanol–water partition coefficient (Wildman–Crippen LogP) is 2.03. The Kier molecular flexibility index (Phi) is 7.26. The molecule has 1 saturated heterocycles. The Hall–Kier alpha value is -1.39. The van der Waals surface area contributed by atoms with Gasteiger partial charge in [-0.1, -0.05) is 12.7 Å². The standard InChI is InChI=1S/C16H26N2O2/c1-4-13(3)10-16(5-2)20-12-14(17)11-18-8-6-15(19)7-9-18/h4-5,10,14H,1,6-9,11-12,17H2,2-3H3/b13-10-,16-5+. The normalized spacial score (nSPS) is 19.9. The number of nitrogens with zero attached hydrogens (tertiary/aromatic N) is 1. The number of nitrogens with two attached hydrogens (primary N) is 1. The van der Waals surface area contributed by atoms with Crippen molar-refractivity contribution in [2.75, 3.05) is 26.2 Å². The molecule has 1 heterocycles. The topological polar surface area (TPSA) is 55.6 Å². The zero-order chi connectivity index (χ0) is 15.0. The Labute approximate surface area is 122 Å². The number of carbonyl (C=O) groups excluding carboxylic acids is 1. The van der Waals surface area contributed by atoms with Gasteiger partial charge in [0.15, 0.2) is 0 Å². The molecule has 4 nitrogen and oxygen atoms in total. The van der Waals surface area contributed by atoms with Gasteiger partial charge in [-0.05, 0) is 31.6 Å². The van der Waals surface area contributed by atoms with Crippen molar-refractivity contribution in [3.05, 3.63) is 36.1 Å². The molecule has 0 aliphatic carbocycles. The van der Waals surface area contributed by atoms with Crippen molar-refractivity contribution in [2.24, 2.45) is 5.73 Å². The van der Waals surface area contributed by atoms with Gasteiger partial charge in [-0.15, -0.1) is 0 Å². The van der Waals surface area contributed by atoms with Gasteiger partial charge in [0.25, 0.3) is 0 Å². The first-order valence-electron chi connectivity index (χ1n) is 7.14. The molecule has 1 aliphatic heterocycles. The highest BCUT2D eigenvalue weighted by Gasteiger charge is 2.18. The van der Waals surface area contributed by atoms with Gasteiger partial charge in [-0.3, -0.25) is 4.79 Å². The molecular weight excluding hydrogens is 252 g/mol. The highest BCUT2D eigenvalue weighted by atomic mass is 16.5. The number of rotatable bonds is 7. The van der Waals surface area contributed by atoms with Crippen LogP contribution in [0.4, 0.5) is 0 Å². The van der Waals surface area contributed by atoms with E-state index in [-0.39, 0.29) is 6.04 Å². The van der Waals surface area contributed by atoms with Crippen LogP contribution in [-0.2, 0) is 9.53 Å². The smallest absolute Gasteiger partial charge is 0.135 e. The molecule has 0 saturated carbocycles. The van der Waals surface area contributed by atoms with E-state index in [1.165, 1.54) is 0 Å². The average Bonchev–Trinajstić information content (AvgIpc) is 2.45. The third-order valence-corrected chi connectivity index (χ3v) is 3.35. The Morgan fingerprint density at radius 2 is 2.15 bits per heavy atom. The van der Waals surface area contributed by atoms with E-state index in [0.717, 1.165) is 31.0 Å². The summed E-state index contributed by atoms with van der Waals surface area (Å²) in [6, 6.07) is -0.0458. The fourth-order valence-electron chi connectivity index (χ4n) is 2.06. The molecule has 1 atom stereocenters. The maximum absolute atomic E-state index is 11.2. The molecule has 1 fully saturated rings. The number of hydrogen-bond acceptors (Lipinski definition) is 4. The first-order valence-corrected chi connectivity index (χ1v) is 7.14.